The first-order chi connectivity index (χ1) is 19.2. The molecule has 0 fully saturated rings. The number of thiophene rings is 1. The van der Waals surface area contributed by atoms with Crippen molar-refractivity contribution in [2.45, 2.75) is 0 Å². The van der Waals surface area contributed by atoms with Crippen molar-refractivity contribution >= 4 is 44.7 Å². The van der Waals surface area contributed by atoms with E-state index < -0.39 is 5.82 Å². The van der Waals surface area contributed by atoms with E-state index >= 15 is 4.39 Å². The quantitative estimate of drug-likeness (QED) is 0.207. The molecule has 5 heterocycles. The Morgan fingerprint density at radius 2 is 1.85 bits per heavy atom. The molecule has 188 valence electrons. The van der Waals surface area contributed by atoms with Gasteiger partial charge in [-0.2, -0.15) is 5.10 Å². The van der Waals surface area contributed by atoms with E-state index in [1.807, 2.05) is 66.0 Å². The molecule has 7 aromatic rings. The van der Waals surface area contributed by atoms with Gasteiger partial charge in [0.05, 0.1) is 33.2 Å². The van der Waals surface area contributed by atoms with Crippen molar-refractivity contribution in [2.24, 2.45) is 0 Å². The van der Waals surface area contributed by atoms with Crippen molar-refractivity contribution in [1.29, 1.82) is 0 Å². The Balaban J connectivity index is 1.29. The summed E-state index contributed by atoms with van der Waals surface area (Å²) in [5, 5.41) is 13.0. The highest BCUT2D eigenvalue weighted by molar-refractivity contribution is 7.13. The summed E-state index contributed by atoms with van der Waals surface area (Å²) in [6, 6.07) is 21.0. The summed E-state index contributed by atoms with van der Waals surface area (Å²) in [5.41, 5.74) is 6.69. The Labute approximate surface area is 226 Å². The summed E-state index contributed by atoms with van der Waals surface area (Å²) in [6.45, 7) is 4.12. The molecule has 9 heteroatoms. The zero-order valence-corrected chi connectivity index (χ0v) is 21.3. The van der Waals surface area contributed by atoms with Crippen LogP contribution in [0.2, 0.25) is 0 Å². The number of halogens is 1. The summed E-state index contributed by atoms with van der Waals surface area (Å²) in [4.78, 5) is 18.0. The third-order valence-electron chi connectivity index (χ3n) is 6.51. The lowest BCUT2D eigenvalue weighted by Crippen LogP contribution is -1.98. The summed E-state index contributed by atoms with van der Waals surface area (Å²) in [7, 11) is 0. The fourth-order valence-corrected chi connectivity index (χ4v) is 5.37. The maximum atomic E-state index is 16.2. The molecule has 0 aliphatic heterocycles. The molecule has 0 saturated carbocycles. The fourth-order valence-electron chi connectivity index (χ4n) is 4.65. The standard InChI is InChI=1S/C30H20FN7S/c1-17(18-6-3-2-4-7-18)34-20-14-19(15-32-16-20)21-9-10-22-25(26(21)31)29(38-37-22)30-35-23-11-12-33-28(27(23)36-30)24-8-5-13-39-24/h2-16,34H,1H2,(H,35,36)(H,37,38). The zero-order valence-electron chi connectivity index (χ0n) is 20.4. The lowest BCUT2D eigenvalue weighted by molar-refractivity contribution is 0.643. The molecule has 0 bridgehead atoms. The minimum atomic E-state index is -0.408. The van der Waals surface area contributed by atoms with Crippen LogP contribution >= 0.6 is 11.3 Å². The molecule has 5 aromatic heterocycles. The van der Waals surface area contributed by atoms with Crippen molar-refractivity contribution in [3.05, 3.63) is 109 Å². The van der Waals surface area contributed by atoms with Gasteiger partial charge in [0.2, 0.25) is 0 Å². The molecule has 0 aliphatic carbocycles. The topological polar surface area (TPSA) is 95.2 Å². The van der Waals surface area contributed by atoms with E-state index in [0.717, 1.165) is 27.3 Å². The molecule has 0 amide bonds. The number of hydrogen-bond donors (Lipinski definition) is 3. The molecule has 0 aliphatic rings. The number of fused-ring (bicyclic) bond motifs is 2. The van der Waals surface area contributed by atoms with Crippen molar-refractivity contribution in [1.82, 2.24) is 30.1 Å². The van der Waals surface area contributed by atoms with Crippen LogP contribution in [0.5, 0.6) is 0 Å². The Bertz CT molecular complexity index is 1970. The Kier molecular flexibility index (Phi) is 5.49. The van der Waals surface area contributed by atoms with Crippen LogP contribution in [-0.2, 0) is 0 Å². The van der Waals surface area contributed by atoms with Gasteiger partial charge in [-0.15, -0.1) is 11.3 Å². The predicted molar refractivity (Wildman–Crippen MR) is 155 cm³/mol. The first kappa shape index (κ1) is 23.0. The van der Waals surface area contributed by atoms with Gasteiger partial charge < -0.3 is 10.3 Å². The van der Waals surface area contributed by atoms with Crippen LogP contribution in [0.25, 0.3) is 60.8 Å². The molecule has 7 nitrogen and oxygen atoms in total. The molecule has 0 atom stereocenters. The van der Waals surface area contributed by atoms with Crippen LogP contribution in [0.3, 0.4) is 0 Å². The second kappa shape index (κ2) is 9.30. The molecule has 39 heavy (non-hydrogen) atoms. The van der Waals surface area contributed by atoms with Gasteiger partial charge in [0, 0.05) is 29.2 Å². The molecule has 7 rings (SSSR count). The van der Waals surface area contributed by atoms with E-state index in [-0.39, 0.29) is 0 Å². The van der Waals surface area contributed by atoms with E-state index in [0.29, 0.717) is 44.8 Å². The van der Waals surface area contributed by atoms with Crippen LogP contribution in [0.1, 0.15) is 5.56 Å². The molecule has 0 radical (unpaired) electrons. The van der Waals surface area contributed by atoms with Crippen molar-refractivity contribution in [3.63, 3.8) is 0 Å². The number of anilines is 1. The SMILES string of the molecule is C=C(Nc1cncc(-c2ccc3[nH]nc(-c4nc5c(-c6cccs6)nccc5[nH]4)c3c2F)c1)c1ccccc1. The van der Waals surface area contributed by atoms with Gasteiger partial charge in [-0.1, -0.05) is 43.0 Å². The van der Waals surface area contributed by atoms with Gasteiger partial charge in [-0.05, 0) is 41.3 Å². The van der Waals surface area contributed by atoms with E-state index in [2.05, 4.69) is 37.0 Å². The Morgan fingerprint density at radius 1 is 0.949 bits per heavy atom. The maximum absolute atomic E-state index is 16.2. The molecule has 0 unspecified atom stereocenters. The van der Waals surface area contributed by atoms with Gasteiger partial charge in [0.15, 0.2) is 5.82 Å². The summed E-state index contributed by atoms with van der Waals surface area (Å²) in [5.74, 6) is 0.0555. The van der Waals surface area contributed by atoms with Gasteiger partial charge in [0.25, 0.3) is 0 Å². The van der Waals surface area contributed by atoms with Gasteiger partial charge in [-0.3, -0.25) is 15.1 Å². The summed E-state index contributed by atoms with van der Waals surface area (Å²) in [6.07, 6.45) is 5.06. The van der Waals surface area contributed by atoms with Crippen molar-refractivity contribution < 1.29 is 4.39 Å². The average Bonchev–Trinajstić information content (AvgIpc) is 3.73. The third-order valence-corrected chi connectivity index (χ3v) is 7.39. The number of hydrogen-bond acceptors (Lipinski definition) is 6. The van der Waals surface area contributed by atoms with Gasteiger partial charge in [-0.25, -0.2) is 9.37 Å². The largest absolute Gasteiger partial charge is 0.354 e. The smallest absolute Gasteiger partial charge is 0.159 e. The second-order valence-electron chi connectivity index (χ2n) is 8.97. The van der Waals surface area contributed by atoms with Gasteiger partial charge in [0.1, 0.15) is 22.7 Å². The number of nitrogens with zero attached hydrogens (tertiary/aromatic N) is 4. The number of aromatic amines is 2. The number of aromatic nitrogens is 6. The highest BCUT2D eigenvalue weighted by atomic mass is 32.1. The molecule has 3 N–H and O–H groups in total. The number of nitrogens with one attached hydrogen (secondary N) is 3. The minimum Gasteiger partial charge on any atom is -0.354 e. The Morgan fingerprint density at radius 3 is 2.69 bits per heavy atom. The van der Waals surface area contributed by atoms with E-state index in [4.69, 9.17) is 4.98 Å². The normalized spacial score (nSPS) is 11.3. The predicted octanol–water partition coefficient (Wildman–Crippen LogP) is 7.51. The first-order valence-electron chi connectivity index (χ1n) is 12.2. The highest BCUT2D eigenvalue weighted by Gasteiger charge is 2.21. The first-order valence-corrected chi connectivity index (χ1v) is 13.1. The third kappa shape index (κ3) is 4.05. The highest BCUT2D eigenvalue weighted by Crippen LogP contribution is 2.36. The van der Waals surface area contributed by atoms with E-state index in [1.54, 1.807) is 36.0 Å². The molecule has 2 aromatic carbocycles. The number of imidazole rings is 1. The van der Waals surface area contributed by atoms with Crippen LogP contribution < -0.4 is 5.32 Å². The monoisotopic (exact) mass is 529 g/mol. The molecular formula is C30H20FN7S. The summed E-state index contributed by atoms with van der Waals surface area (Å²) >= 11 is 1.59. The number of H-pyrrole nitrogens is 2. The molecule has 0 spiro atoms. The van der Waals surface area contributed by atoms with Gasteiger partial charge >= 0.3 is 0 Å². The lowest BCUT2D eigenvalue weighted by Gasteiger charge is -2.11. The minimum absolute atomic E-state index is 0.351. The van der Waals surface area contributed by atoms with Crippen LogP contribution in [0.4, 0.5) is 10.1 Å². The fraction of sp³-hybridized carbons (Fsp3) is 0. The van der Waals surface area contributed by atoms with Crippen LogP contribution in [0.15, 0.2) is 97.3 Å². The van der Waals surface area contributed by atoms with Crippen molar-refractivity contribution in [2.75, 3.05) is 5.32 Å². The maximum Gasteiger partial charge on any atom is 0.159 e. The number of pyridine rings is 2. The molecular weight excluding hydrogens is 509 g/mol. The van der Waals surface area contributed by atoms with E-state index in [9.17, 15) is 0 Å². The van der Waals surface area contributed by atoms with Crippen molar-refractivity contribution in [3.8, 4) is 33.2 Å². The number of benzene rings is 2. The average molecular weight is 530 g/mol. The second-order valence-corrected chi connectivity index (χ2v) is 9.92. The van der Waals surface area contributed by atoms with E-state index in [1.165, 1.54) is 0 Å². The lowest BCUT2D eigenvalue weighted by atomic mass is 10.0. The summed E-state index contributed by atoms with van der Waals surface area (Å²) < 4.78 is 16.2. The molecule has 0 saturated heterocycles. The van der Waals surface area contributed by atoms with Crippen LogP contribution in [-0.4, -0.2) is 30.1 Å². The zero-order chi connectivity index (χ0) is 26.3. The Hall–Kier alpha value is -5.15. The van der Waals surface area contributed by atoms with Crippen LogP contribution in [0, 0.1) is 5.82 Å². The number of rotatable bonds is 6.